The summed E-state index contributed by atoms with van der Waals surface area (Å²) in [4.78, 5) is 8.17. The van der Waals surface area contributed by atoms with Crippen LogP contribution in [0, 0.1) is 0 Å². The van der Waals surface area contributed by atoms with Crippen LogP contribution in [-0.4, -0.2) is 41.6 Å². The molecule has 9 heteroatoms. The van der Waals surface area contributed by atoms with Crippen LogP contribution in [0.5, 0.6) is 0 Å². The summed E-state index contributed by atoms with van der Waals surface area (Å²) in [5, 5.41) is 8.43. The van der Waals surface area contributed by atoms with Crippen molar-refractivity contribution < 1.29 is 13.2 Å². The number of hydrogen-bond acceptors (Lipinski definition) is 4. The molecule has 2 rings (SSSR count). The fourth-order valence-corrected chi connectivity index (χ4v) is 4.15. The van der Waals surface area contributed by atoms with Crippen LogP contribution in [0.3, 0.4) is 0 Å². The number of thioether (sulfide) groups is 1. The van der Waals surface area contributed by atoms with Crippen LogP contribution in [0.15, 0.2) is 10.4 Å². The molecule has 1 unspecified atom stereocenters. The summed E-state index contributed by atoms with van der Waals surface area (Å²) in [5.41, 5.74) is -0.809. The monoisotopic (exact) mass is 366 g/mol. The summed E-state index contributed by atoms with van der Waals surface area (Å²) in [5.74, 6) is 1.92. The molecular weight excluding hydrogens is 345 g/mol. The maximum atomic E-state index is 12.5. The highest BCUT2D eigenvalue weighted by atomic mass is 32.2. The van der Waals surface area contributed by atoms with Gasteiger partial charge in [-0.1, -0.05) is 0 Å². The van der Waals surface area contributed by atoms with Crippen LogP contribution in [-0.2, 0) is 12.6 Å². The number of alkyl halides is 3. The molecule has 0 aliphatic carbocycles. The molecule has 0 saturated carbocycles. The summed E-state index contributed by atoms with van der Waals surface area (Å²) in [6.07, 6.45) is -1.46. The van der Waals surface area contributed by atoms with Gasteiger partial charge in [0.2, 0.25) is 0 Å². The van der Waals surface area contributed by atoms with Gasteiger partial charge in [0, 0.05) is 30.1 Å². The molecule has 0 spiro atoms. The average Bonchev–Trinajstić information content (AvgIpc) is 3.15. The van der Waals surface area contributed by atoms with Crippen molar-refractivity contribution in [1.82, 2.24) is 15.6 Å². The Labute approximate surface area is 142 Å². The van der Waals surface area contributed by atoms with Crippen LogP contribution in [0.4, 0.5) is 13.2 Å². The molecular formula is C14H21F3N4S2. The number of rotatable bonds is 6. The second-order valence-electron chi connectivity index (χ2n) is 5.16. The van der Waals surface area contributed by atoms with Crippen molar-refractivity contribution in [3.05, 3.63) is 16.1 Å². The first kappa shape index (κ1) is 18.4. The minimum Gasteiger partial charge on any atom is -0.357 e. The molecule has 0 aromatic carbocycles. The number of halogens is 3. The summed E-state index contributed by atoms with van der Waals surface area (Å²) >= 11 is 2.99. The van der Waals surface area contributed by atoms with Crippen molar-refractivity contribution in [1.29, 1.82) is 0 Å². The second kappa shape index (κ2) is 8.77. The summed E-state index contributed by atoms with van der Waals surface area (Å²) < 4.78 is 37.5. The van der Waals surface area contributed by atoms with Crippen molar-refractivity contribution in [3.63, 3.8) is 0 Å². The zero-order chi connectivity index (χ0) is 16.7. The standard InChI is InChI=1S/C14H21F3N4S2/c1-2-18-13(20-8-10-4-3-7-22-10)19-6-5-12-21-11(9-23-12)14(15,16)17/h9-10H,2-8H2,1H3,(H2,18,19,20). The molecule has 0 radical (unpaired) electrons. The van der Waals surface area contributed by atoms with Gasteiger partial charge in [0.15, 0.2) is 11.7 Å². The minimum absolute atomic E-state index is 0.448. The predicted octanol–water partition coefficient (Wildman–Crippen LogP) is 3.16. The molecule has 130 valence electrons. The van der Waals surface area contributed by atoms with Crippen molar-refractivity contribution in [2.75, 3.05) is 25.4 Å². The number of thiazole rings is 1. The first-order valence-corrected chi connectivity index (χ1v) is 9.57. The highest BCUT2D eigenvalue weighted by Gasteiger charge is 2.33. The lowest BCUT2D eigenvalue weighted by atomic mass is 10.2. The molecule has 0 amide bonds. The Hall–Kier alpha value is -0.960. The average molecular weight is 366 g/mol. The van der Waals surface area contributed by atoms with E-state index in [-0.39, 0.29) is 0 Å². The van der Waals surface area contributed by atoms with Crippen LogP contribution in [0.2, 0.25) is 0 Å². The predicted molar refractivity (Wildman–Crippen MR) is 90.3 cm³/mol. The lowest BCUT2D eigenvalue weighted by Gasteiger charge is -2.12. The van der Waals surface area contributed by atoms with Crippen LogP contribution in [0.1, 0.15) is 30.5 Å². The molecule has 1 aliphatic heterocycles. The fraction of sp³-hybridized carbons (Fsp3) is 0.714. The van der Waals surface area contributed by atoms with Gasteiger partial charge < -0.3 is 10.6 Å². The smallest absolute Gasteiger partial charge is 0.357 e. The number of guanidine groups is 1. The van der Waals surface area contributed by atoms with Gasteiger partial charge in [-0.2, -0.15) is 24.9 Å². The van der Waals surface area contributed by atoms with Gasteiger partial charge in [-0.3, -0.25) is 4.99 Å². The highest BCUT2D eigenvalue weighted by molar-refractivity contribution is 8.00. The van der Waals surface area contributed by atoms with Crippen molar-refractivity contribution in [2.24, 2.45) is 4.99 Å². The van der Waals surface area contributed by atoms with Crippen LogP contribution in [0.25, 0.3) is 0 Å². The maximum absolute atomic E-state index is 12.5. The molecule has 23 heavy (non-hydrogen) atoms. The minimum atomic E-state index is -4.36. The zero-order valence-corrected chi connectivity index (χ0v) is 14.6. The van der Waals surface area contributed by atoms with E-state index < -0.39 is 11.9 Å². The van der Waals surface area contributed by atoms with E-state index in [1.807, 2.05) is 18.7 Å². The van der Waals surface area contributed by atoms with Crippen LogP contribution >= 0.6 is 23.1 Å². The van der Waals surface area contributed by atoms with E-state index in [1.54, 1.807) is 0 Å². The number of hydrogen-bond donors (Lipinski definition) is 2. The molecule has 1 fully saturated rings. The topological polar surface area (TPSA) is 49.3 Å². The summed E-state index contributed by atoms with van der Waals surface area (Å²) in [6, 6.07) is 0. The van der Waals surface area contributed by atoms with E-state index in [1.165, 1.54) is 18.6 Å². The molecule has 1 aromatic heterocycles. The van der Waals surface area contributed by atoms with Gasteiger partial charge in [-0.15, -0.1) is 11.3 Å². The lowest BCUT2D eigenvalue weighted by molar-refractivity contribution is -0.140. The first-order valence-electron chi connectivity index (χ1n) is 7.64. The van der Waals surface area contributed by atoms with E-state index >= 15 is 0 Å². The van der Waals surface area contributed by atoms with Crippen molar-refractivity contribution in [2.45, 2.75) is 37.6 Å². The fourth-order valence-electron chi connectivity index (χ4n) is 2.17. The normalized spacial score (nSPS) is 19.1. The Morgan fingerprint density at radius 3 is 2.87 bits per heavy atom. The van der Waals surface area contributed by atoms with Gasteiger partial charge in [0.25, 0.3) is 0 Å². The van der Waals surface area contributed by atoms with E-state index in [0.717, 1.165) is 29.8 Å². The molecule has 2 N–H and O–H groups in total. The molecule has 4 nitrogen and oxygen atoms in total. The third-order valence-electron chi connectivity index (χ3n) is 3.29. The van der Waals surface area contributed by atoms with E-state index in [0.29, 0.717) is 29.2 Å². The van der Waals surface area contributed by atoms with E-state index in [4.69, 9.17) is 0 Å². The molecule has 0 bridgehead atoms. The quantitative estimate of drug-likeness (QED) is 0.600. The van der Waals surface area contributed by atoms with Gasteiger partial charge in [-0.25, -0.2) is 4.98 Å². The zero-order valence-electron chi connectivity index (χ0n) is 12.9. The highest BCUT2D eigenvalue weighted by Crippen LogP contribution is 2.30. The van der Waals surface area contributed by atoms with E-state index in [9.17, 15) is 13.2 Å². The molecule has 2 heterocycles. The molecule has 1 aromatic rings. The number of nitrogens with one attached hydrogen (secondary N) is 2. The Bertz CT molecular complexity index is 510. The van der Waals surface area contributed by atoms with Gasteiger partial charge in [-0.05, 0) is 25.5 Å². The largest absolute Gasteiger partial charge is 0.434 e. The Morgan fingerprint density at radius 2 is 2.26 bits per heavy atom. The Morgan fingerprint density at radius 1 is 1.43 bits per heavy atom. The maximum Gasteiger partial charge on any atom is 0.434 e. The molecule has 1 aliphatic rings. The summed E-state index contributed by atoms with van der Waals surface area (Å²) in [6.45, 7) is 4.01. The second-order valence-corrected chi connectivity index (χ2v) is 7.51. The lowest BCUT2D eigenvalue weighted by Crippen LogP contribution is -2.38. The number of aromatic nitrogens is 1. The number of aliphatic imine (C=N–C) groups is 1. The third-order valence-corrected chi connectivity index (χ3v) is 5.58. The third kappa shape index (κ3) is 6.21. The number of nitrogens with zero attached hydrogens (tertiary/aromatic N) is 2. The Kier molecular flexibility index (Phi) is 7.01. The van der Waals surface area contributed by atoms with Gasteiger partial charge >= 0.3 is 6.18 Å². The van der Waals surface area contributed by atoms with Crippen molar-refractivity contribution >= 4 is 29.1 Å². The SMILES string of the molecule is CCNC(=NCC1CCCS1)NCCc1nc(C(F)(F)F)cs1. The van der Waals surface area contributed by atoms with Gasteiger partial charge in [0.1, 0.15) is 0 Å². The summed E-state index contributed by atoms with van der Waals surface area (Å²) in [7, 11) is 0. The van der Waals surface area contributed by atoms with Crippen LogP contribution < -0.4 is 10.6 Å². The molecule has 1 atom stereocenters. The van der Waals surface area contributed by atoms with E-state index in [2.05, 4.69) is 20.6 Å². The van der Waals surface area contributed by atoms with Gasteiger partial charge in [0.05, 0.1) is 11.6 Å². The molecule has 1 saturated heterocycles. The Balaban J connectivity index is 1.79. The van der Waals surface area contributed by atoms with Crippen molar-refractivity contribution in [3.8, 4) is 0 Å². The first-order chi connectivity index (χ1) is 11.0.